The van der Waals surface area contributed by atoms with Gasteiger partial charge in [-0.1, -0.05) is 17.4 Å². The molecule has 2 saturated heterocycles. The number of nitrogens with one attached hydrogen (secondary N) is 1. The fraction of sp³-hybridized carbons (Fsp3) is 0.625. The minimum Gasteiger partial charge on any atom is -0.382 e. The minimum atomic E-state index is -4.36. The number of nitrogens with zero attached hydrogens (tertiary/aromatic N) is 5. The number of rotatable bonds is 7. The summed E-state index contributed by atoms with van der Waals surface area (Å²) in [5, 5.41) is 13.5. The van der Waals surface area contributed by atoms with Gasteiger partial charge in [0, 0.05) is 57.4 Å². The van der Waals surface area contributed by atoms with Crippen molar-refractivity contribution in [2.24, 2.45) is 0 Å². The summed E-state index contributed by atoms with van der Waals surface area (Å²) in [4.78, 5) is 19.2. The summed E-state index contributed by atoms with van der Waals surface area (Å²) in [6, 6.07) is 4.44. The van der Waals surface area contributed by atoms with Crippen LogP contribution in [0.25, 0.3) is 0 Å². The predicted molar refractivity (Wildman–Crippen MR) is 132 cm³/mol. The van der Waals surface area contributed by atoms with Crippen molar-refractivity contribution < 1.29 is 18.0 Å². The summed E-state index contributed by atoms with van der Waals surface area (Å²) in [7, 11) is 0. The van der Waals surface area contributed by atoms with E-state index >= 15 is 0 Å². The van der Waals surface area contributed by atoms with Gasteiger partial charge >= 0.3 is 6.18 Å². The first-order chi connectivity index (χ1) is 16.7. The number of alkyl halides is 3. The van der Waals surface area contributed by atoms with Crippen molar-refractivity contribution in [1.82, 2.24) is 20.0 Å². The molecule has 0 unspecified atom stereocenters. The Bertz CT molecular complexity index is 997. The summed E-state index contributed by atoms with van der Waals surface area (Å²) < 4.78 is 39.5. The summed E-state index contributed by atoms with van der Waals surface area (Å²) in [6.07, 6.45) is -1.54. The average molecular weight is 511 g/mol. The van der Waals surface area contributed by atoms with E-state index in [-0.39, 0.29) is 17.5 Å². The number of anilines is 2. The van der Waals surface area contributed by atoms with Crippen molar-refractivity contribution in [1.29, 1.82) is 0 Å². The lowest BCUT2D eigenvalue weighted by Crippen LogP contribution is -2.47. The lowest BCUT2D eigenvalue weighted by atomic mass is 10.0. The van der Waals surface area contributed by atoms with Gasteiger partial charge < -0.3 is 15.1 Å². The highest BCUT2D eigenvalue weighted by molar-refractivity contribution is 7.15. The van der Waals surface area contributed by atoms with Crippen LogP contribution >= 0.6 is 11.3 Å². The molecule has 1 N–H and O–H groups in total. The Morgan fingerprint density at radius 3 is 2.43 bits per heavy atom. The summed E-state index contributed by atoms with van der Waals surface area (Å²) in [6.45, 7) is 9.37. The number of carbonyl (C=O) groups excluding carboxylic acids is 1. The molecule has 2 aliphatic heterocycles. The molecule has 2 aromatic rings. The predicted octanol–water partition coefficient (Wildman–Crippen LogP) is 4.18. The maximum atomic E-state index is 13.2. The van der Waals surface area contributed by atoms with Crippen LogP contribution in [0.2, 0.25) is 0 Å². The van der Waals surface area contributed by atoms with Gasteiger partial charge in [-0.05, 0) is 57.4 Å². The van der Waals surface area contributed by atoms with Gasteiger partial charge in [-0.15, -0.1) is 10.2 Å². The van der Waals surface area contributed by atoms with Crippen molar-refractivity contribution in [2.75, 3.05) is 56.0 Å². The summed E-state index contributed by atoms with van der Waals surface area (Å²) in [5.41, 5.74) is 0.0955. The Labute approximate surface area is 208 Å². The molecule has 1 aromatic carbocycles. The number of carbonyl (C=O) groups is 1. The Kier molecular flexibility index (Phi) is 8.16. The first-order valence-corrected chi connectivity index (χ1v) is 13.0. The zero-order chi connectivity index (χ0) is 25.0. The van der Waals surface area contributed by atoms with Crippen LogP contribution < -0.4 is 10.2 Å². The molecule has 1 aromatic heterocycles. The molecular weight excluding hydrogens is 477 g/mol. The third-order valence-corrected chi connectivity index (χ3v) is 7.68. The van der Waals surface area contributed by atoms with E-state index in [1.165, 1.54) is 19.1 Å². The van der Waals surface area contributed by atoms with E-state index in [1.54, 1.807) is 17.4 Å². The number of aryl methyl sites for hydroxylation is 2. The van der Waals surface area contributed by atoms with Gasteiger partial charge in [0.15, 0.2) is 0 Å². The quantitative estimate of drug-likeness (QED) is 0.603. The monoisotopic (exact) mass is 510 g/mol. The second-order valence-electron chi connectivity index (χ2n) is 9.36. The molecule has 1 amide bonds. The third-order valence-electron chi connectivity index (χ3n) is 6.78. The number of piperidine rings is 1. The topological polar surface area (TPSA) is 64.6 Å². The molecule has 2 fully saturated rings. The van der Waals surface area contributed by atoms with Crippen LogP contribution in [0, 0.1) is 13.8 Å². The van der Waals surface area contributed by atoms with Crippen LogP contribution in [-0.2, 0) is 11.0 Å². The molecule has 0 aliphatic carbocycles. The summed E-state index contributed by atoms with van der Waals surface area (Å²) >= 11 is 1.62. The number of halogens is 3. The van der Waals surface area contributed by atoms with Gasteiger partial charge in [0.25, 0.3) is 0 Å². The van der Waals surface area contributed by atoms with E-state index in [9.17, 15) is 18.0 Å². The van der Waals surface area contributed by atoms with Crippen molar-refractivity contribution in [3.63, 3.8) is 0 Å². The largest absolute Gasteiger partial charge is 0.416 e. The number of aromatic nitrogens is 2. The van der Waals surface area contributed by atoms with E-state index < -0.39 is 11.7 Å². The summed E-state index contributed by atoms with van der Waals surface area (Å²) in [5.74, 6) is 0.168. The van der Waals surface area contributed by atoms with E-state index in [0.29, 0.717) is 25.2 Å². The first kappa shape index (κ1) is 25.7. The fourth-order valence-electron chi connectivity index (χ4n) is 4.71. The molecule has 35 heavy (non-hydrogen) atoms. The number of hydrogen-bond donors (Lipinski definition) is 1. The van der Waals surface area contributed by atoms with Crippen molar-refractivity contribution in [3.8, 4) is 0 Å². The highest BCUT2D eigenvalue weighted by Crippen LogP contribution is 2.34. The van der Waals surface area contributed by atoms with Crippen molar-refractivity contribution in [3.05, 3.63) is 34.3 Å². The molecule has 7 nitrogen and oxygen atoms in total. The van der Waals surface area contributed by atoms with E-state index in [0.717, 1.165) is 62.1 Å². The maximum Gasteiger partial charge on any atom is 0.416 e. The molecule has 0 bridgehead atoms. The molecule has 192 valence electrons. The highest BCUT2D eigenvalue weighted by atomic mass is 32.1. The smallest absolute Gasteiger partial charge is 0.382 e. The molecule has 0 radical (unpaired) electrons. The second-order valence-corrected chi connectivity index (χ2v) is 10.5. The number of likely N-dealkylation sites (tertiary alicyclic amines) is 1. The normalized spacial score (nSPS) is 18.2. The third kappa shape index (κ3) is 6.84. The number of benzene rings is 1. The molecule has 11 heteroatoms. The van der Waals surface area contributed by atoms with E-state index in [1.807, 2.05) is 11.8 Å². The molecule has 0 saturated carbocycles. The standard InChI is InChI=1S/C24H33F3N6OS/c1-17-5-6-20(16-21(17)24(25,26)27)28-19-7-10-32(11-8-19)22(34)4-3-9-31-12-14-33(15-13-31)23-30-29-18(2)35-23/h5-6,16,19,28H,3-4,7-15H2,1-2H3. The SMILES string of the molecule is Cc1nnc(N2CCN(CCCC(=O)N3CCC(Nc4ccc(C)c(C(F)(F)F)c4)CC3)CC2)s1. The molecule has 4 rings (SSSR count). The Morgan fingerprint density at radius 2 is 1.80 bits per heavy atom. The molecule has 2 aliphatic rings. The lowest BCUT2D eigenvalue weighted by molar-refractivity contribution is -0.138. The number of hydrogen-bond acceptors (Lipinski definition) is 7. The second kappa shape index (κ2) is 11.1. The minimum absolute atomic E-state index is 0.0657. The van der Waals surface area contributed by atoms with Crippen LogP contribution in [0.5, 0.6) is 0 Å². The van der Waals surface area contributed by atoms with Crippen LogP contribution in [0.3, 0.4) is 0 Å². The van der Waals surface area contributed by atoms with Crippen LogP contribution in [-0.4, -0.2) is 77.8 Å². The highest BCUT2D eigenvalue weighted by Gasteiger charge is 2.33. The number of piperazine rings is 1. The molecular formula is C24H33F3N6OS. The van der Waals surface area contributed by atoms with Crippen molar-refractivity contribution in [2.45, 2.75) is 51.7 Å². The van der Waals surface area contributed by atoms with Gasteiger partial charge in [0.1, 0.15) is 5.01 Å². The maximum absolute atomic E-state index is 13.2. The van der Waals surface area contributed by atoms with E-state index in [2.05, 4.69) is 25.3 Å². The molecule has 0 spiro atoms. The zero-order valence-corrected chi connectivity index (χ0v) is 21.1. The Hall–Kier alpha value is -2.40. The van der Waals surface area contributed by atoms with E-state index in [4.69, 9.17) is 0 Å². The average Bonchev–Trinajstić information content (AvgIpc) is 3.26. The molecule has 0 atom stereocenters. The van der Waals surface area contributed by atoms with Gasteiger partial charge in [-0.25, -0.2) is 0 Å². The lowest BCUT2D eigenvalue weighted by Gasteiger charge is -2.35. The zero-order valence-electron chi connectivity index (χ0n) is 20.3. The Balaban J connectivity index is 1.14. The Morgan fingerprint density at radius 1 is 1.09 bits per heavy atom. The number of amides is 1. The first-order valence-electron chi connectivity index (χ1n) is 12.2. The van der Waals surface area contributed by atoms with Gasteiger partial charge in [0.2, 0.25) is 11.0 Å². The molecule has 3 heterocycles. The van der Waals surface area contributed by atoms with Crippen LogP contribution in [0.4, 0.5) is 24.0 Å². The van der Waals surface area contributed by atoms with Crippen LogP contribution in [0.15, 0.2) is 18.2 Å². The van der Waals surface area contributed by atoms with Crippen LogP contribution in [0.1, 0.15) is 41.8 Å². The van der Waals surface area contributed by atoms with Gasteiger partial charge in [-0.3, -0.25) is 9.69 Å². The van der Waals surface area contributed by atoms with Gasteiger partial charge in [-0.2, -0.15) is 13.2 Å². The fourth-order valence-corrected chi connectivity index (χ4v) is 5.45. The van der Waals surface area contributed by atoms with Crippen molar-refractivity contribution >= 4 is 28.1 Å². The van der Waals surface area contributed by atoms with Gasteiger partial charge in [0.05, 0.1) is 5.56 Å².